The number of nitrogens with zero attached hydrogens (tertiary/aromatic N) is 1. The Labute approximate surface area is 154 Å². The van der Waals surface area contributed by atoms with Gasteiger partial charge in [0.2, 0.25) is 0 Å². The average Bonchev–Trinajstić information content (AvgIpc) is 2.61. The van der Waals surface area contributed by atoms with Crippen molar-refractivity contribution in [3.8, 4) is 5.75 Å². The standard InChI is InChI=1S/C17H16Cl2N2O4/c1-10(11-2-3-15(18)16(19)6-11)20-7-12-4-14(21(22)23)5-13-8-24-9-25-17(12)13/h2-6,10,20H,7-9H2,1H3/t10-/m0/s1. The van der Waals surface area contributed by atoms with E-state index in [1.165, 1.54) is 12.1 Å². The molecule has 0 radical (unpaired) electrons. The molecule has 132 valence electrons. The topological polar surface area (TPSA) is 73.6 Å². The van der Waals surface area contributed by atoms with E-state index < -0.39 is 4.92 Å². The maximum absolute atomic E-state index is 11.1. The number of halogens is 2. The Kier molecular flexibility index (Phi) is 5.44. The molecule has 25 heavy (non-hydrogen) atoms. The van der Waals surface area contributed by atoms with Gasteiger partial charge in [-0.05, 0) is 24.6 Å². The molecule has 0 bridgehead atoms. The van der Waals surface area contributed by atoms with Crippen LogP contribution in [0.1, 0.15) is 29.7 Å². The van der Waals surface area contributed by atoms with Gasteiger partial charge >= 0.3 is 0 Å². The molecular formula is C17H16Cl2N2O4. The van der Waals surface area contributed by atoms with Gasteiger partial charge < -0.3 is 14.8 Å². The Hall–Kier alpha value is -1.86. The molecule has 0 amide bonds. The normalized spacial score (nSPS) is 14.5. The van der Waals surface area contributed by atoms with E-state index in [2.05, 4.69) is 5.32 Å². The van der Waals surface area contributed by atoms with E-state index >= 15 is 0 Å². The molecule has 3 rings (SSSR count). The number of rotatable bonds is 5. The maximum atomic E-state index is 11.1. The van der Waals surface area contributed by atoms with Crippen LogP contribution < -0.4 is 10.1 Å². The molecule has 1 N–H and O–H groups in total. The molecule has 2 aromatic carbocycles. The summed E-state index contributed by atoms with van der Waals surface area (Å²) in [6, 6.07) is 8.42. The third-order valence-corrected chi connectivity index (χ3v) is 4.76. The summed E-state index contributed by atoms with van der Waals surface area (Å²) in [4.78, 5) is 10.7. The number of hydrogen-bond donors (Lipinski definition) is 1. The van der Waals surface area contributed by atoms with Crippen LogP contribution in [0.15, 0.2) is 30.3 Å². The first-order chi connectivity index (χ1) is 12.0. The van der Waals surface area contributed by atoms with Gasteiger partial charge in [-0.15, -0.1) is 0 Å². The van der Waals surface area contributed by atoms with Crippen molar-refractivity contribution in [1.82, 2.24) is 5.32 Å². The van der Waals surface area contributed by atoms with Gasteiger partial charge in [0.25, 0.3) is 5.69 Å². The van der Waals surface area contributed by atoms with Crippen LogP contribution in [-0.2, 0) is 17.9 Å². The molecule has 0 saturated heterocycles. The third-order valence-electron chi connectivity index (χ3n) is 4.02. The van der Waals surface area contributed by atoms with Crippen LogP contribution in [0.2, 0.25) is 10.0 Å². The SMILES string of the molecule is C[C@H](NCc1cc([N+](=O)[O-])cc2c1OCOC2)c1ccc(Cl)c(Cl)c1. The molecule has 0 fully saturated rings. The summed E-state index contributed by atoms with van der Waals surface area (Å²) in [5.41, 5.74) is 2.39. The highest BCUT2D eigenvalue weighted by Crippen LogP contribution is 2.33. The summed E-state index contributed by atoms with van der Waals surface area (Å²) in [7, 11) is 0. The summed E-state index contributed by atoms with van der Waals surface area (Å²) in [6.07, 6.45) is 0. The smallest absolute Gasteiger partial charge is 0.270 e. The number of hydrogen-bond acceptors (Lipinski definition) is 5. The molecule has 2 aromatic rings. The summed E-state index contributed by atoms with van der Waals surface area (Å²) in [5.74, 6) is 0.644. The van der Waals surface area contributed by atoms with Gasteiger partial charge in [0.1, 0.15) is 5.75 Å². The molecule has 8 heteroatoms. The summed E-state index contributed by atoms with van der Waals surface area (Å²) >= 11 is 12.0. The minimum absolute atomic E-state index is 0.0202. The zero-order valence-electron chi connectivity index (χ0n) is 13.4. The van der Waals surface area contributed by atoms with Crippen molar-refractivity contribution in [2.75, 3.05) is 6.79 Å². The number of nitro groups is 1. The fourth-order valence-corrected chi connectivity index (χ4v) is 2.99. The van der Waals surface area contributed by atoms with Crippen molar-refractivity contribution in [2.45, 2.75) is 26.1 Å². The number of benzene rings is 2. The fraction of sp³-hybridized carbons (Fsp3) is 0.294. The Morgan fingerprint density at radius 2 is 2.08 bits per heavy atom. The predicted molar refractivity (Wildman–Crippen MR) is 95.1 cm³/mol. The van der Waals surface area contributed by atoms with E-state index in [0.29, 0.717) is 34.5 Å². The van der Waals surface area contributed by atoms with Crippen molar-refractivity contribution in [3.05, 3.63) is 67.2 Å². The van der Waals surface area contributed by atoms with Crippen LogP contribution in [0.3, 0.4) is 0 Å². The van der Waals surface area contributed by atoms with Gasteiger partial charge in [0.15, 0.2) is 6.79 Å². The Morgan fingerprint density at radius 1 is 1.28 bits per heavy atom. The first-order valence-electron chi connectivity index (χ1n) is 7.64. The second kappa shape index (κ2) is 7.58. The highest BCUT2D eigenvalue weighted by Gasteiger charge is 2.21. The summed E-state index contributed by atoms with van der Waals surface area (Å²) < 4.78 is 10.8. The number of nitrogens with one attached hydrogen (secondary N) is 1. The summed E-state index contributed by atoms with van der Waals surface area (Å²) in [5, 5.41) is 15.5. The van der Waals surface area contributed by atoms with E-state index in [4.69, 9.17) is 32.7 Å². The first-order valence-corrected chi connectivity index (χ1v) is 8.40. The van der Waals surface area contributed by atoms with Crippen LogP contribution in [0.4, 0.5) is 5.69 Å². The van der Waals surface area contributed by atoms with E-state index in [-0.39, 0.29) is 18.5 Å². The molecule has 1 aliphatic heterocycles. The maximum Gasteiger partial charge on any atom is 0.270 e. The molecule has 1 heterocycles. The van der Waals surface area contributed by atoms with Crippen LogP contribution in [0.5, 0.6) is 5.75 Å². The lowest BCUT2D eigenvalue weighted by atomic mass is 10.1. The highest BCUT2D eigenvalue weighted by atomic mass is 35.5. The Balaban J connectivity index is 1.81. The highest BCUT2D eigenvalue weighted by molar-refractivity contribution is 6.42. The lowest BCUT2D eigenvalue weighted by Crippen LogP contribution is -2.21. The zero-order valence-corrected chi connectivity index (χ0v) is 14.9. The second-order valence-electron chi connectivity index (χ2n) is 5.74. The quantitative estimate of drug-likeness (QED) is 0.603. The van der Waals surface area contributed by atoms with Gasteiger partial charge in [-0.1, -0.05) is 29.3 Å². The lowest BCUT2D eigenvalue weighted by Gasteiger charge is -2.22. The lowest BCUT2D eigenvalue weighted by molar-refractivity contribution is -0.385. The van der Waals surface area contributed by atoms with Crippen molar-refractivity contribution < 1.29 is 14.4 Å². The first kappa shape index (κ1) is 17.9. The van der Waals surface area contributed by atoms with Crippen LogP contribution in [0.25, 0.3) is 0 Å². The molecule has 1 aliphatic rings. The molecule has 6 nitrogen and oxygen atoms in total. The van der Waals surface area contributed by atoms with E-state index in [0.717, 1.165) is 11.1 Å². The number of ether oxygens (including phenoxy) is 2. The average molecular weight is 383 g/mol. The minimum atomic E-state index is -0.416. The largest absolute Gasteiger partial charge is 0.467 e. The minimum Gasteiger partial charge on any atom is -0.467 e. The van der Waals surface area contributed by atoms with Crippen molar-refractivity contribution >= 4 is 28.9 Å². The second-order valence-corrected chi connectivity index (χ2v) is 6.55. The van der Waals surface area contributed by atoms with Gasteiger partial charge in [-0.2, -0.15) is 0 Å². The Bertz CT molecular complexity index is 813. The molecule has 0 spiro atoms. The third kappa shape index (κ3) is 4.04. The van der Waals surface area contributed by atoms with Gasteiger partial charge in [0, 0.05) is 35.8 Å². The number of fused-ring (bicyclic) bond motifs is 1. The zero-order chi connectivity index (χ0) is 18.0. The van der Waals surface area contributed by atoms with Crippen molar-refractivity contribution in [3.63, 3.8) is 0 Å². The van der Waals surface area contributed by atoms with Crippen LogP contribution >= 0.6 is 23.2 Å². The molecule has 1 atom stereocenters. The van der Waals surface area contributed by atoms with Gasteiger partial charge in [0.05, 0.1) is 21.6 Å². The molecule has 0 aromatic heterocycles. The van der Waals surface area contributed by atoms with Crippen LogP contribution in [-0.4, -0.2) is 11.7 Å². The predicted octanol–water partition coefficient (Wildman–Crippen LogP) is 4.62. The Morgan fingerprint density at radius 3 is 2.80 bits per heavy atom. The van der Waals surface area contributed by atoms with E-state index in [9.17, 15) is 10.1 Å². The van der Waals surface area contributed by atoms with Gasteiger partial charge in [-0.3, -0.25) is 10.1 Å². The van der Waals surface area contributed by atoms with Crippen molar-refractivity contribution in [2.24, 2.45) is 0 Å². The van der Waals surface area contributed by atoms with E-state index in [1.54, 1.807) is 12.1 Å². The molecular weight excluding hydrogens is 367 g/mol. The van der Waals surface area contributed by atoms with Crippen LogP contribution in [0, 0.1) is 10.1 Å². The molecule has 0 saturated carbocycles. The number of non-ortho nitro benzene ring substituents is 1. The summed E-state index contributed by atoms with van der Waals surface area (Å²) in [6.45, 7) is 2.82. The molecule has 0 unspecified atom stereocenters. The van der Waals surface area contributed by atoms with E-state index in [1.807, 2.05) is 13.0 Å². The molecule has 0 aliphatic carbocycles. The van der Waals surface area contributed by atoms with Gasteiger partial charge in [-0.25, -0.2) is 0 Å². The number of nitro benzene ring substituents is 1. The fourth-order valence-electron chi connectivity index (χ4n) is 2.68. The van der Waals surface area contributed by atoms with Crippen molar-refractivity contribution in [1.29, 1.82) is 0 Å². The monoisotopic (exact) mass is 382 g/mol.